The Morgan fingerprint density at radius 2 is 2.00 bits per heavy atom. The van der Waals surface area contributed by atoms with Crippen LogP contribution >= 0.6 is 0 Å². The van der Waals surface area contributed by atoms with Crippen LogP contribution < -0.4 is 10.2 Å². The van der Waals surface area contributed by atoms with Gasteiger partial charge in [-0.25, -0.2) is 4.98 Å². The Hall–Kier alpha value is -2.82. The Labute approximate surface area is 141 Å². The summed E-state index contributed by atoms with van der Waals surface area (Å²) < 4.78 is 2.12. The molecule has 0 aliphatic carbocycles. The summed E-state index contributed by atoms with van der Waals surface area (Å²) in [6.07, 6.45) is 2.71. The minimum Gasteiger partial charge on any atom is -0.378 e. The van der Waals surface area contributed by atoms with E-state index >= 15 is 0 Å². The maximum Gasteiger partial charge on any atom is 0.251 e. The summed E-state index contributed by atoms with van der Waals surface area (Å²) in [6.45, 7) is 1.47. The van der Waals surface area contributed by atoms with Crippen LogP contribution in [-0.4, -0.2) is 36.1 Å². The van der Waals surface area contributed by atoms with Crippen LogP contribution in [0, 0.1) is 0 Å². The second kappa shape index (κ2) is 7.17. The van der Waals surface area contributed by atoms with Crippen molar-refractivity contribution in [1.82, 2.24) is 14.9 Å². The number of nitrogens with zero attached hydrogens (tertiary/aromatic N) is 3. The lowest BCUT2D eigenvalue weighted by atomic mass is 10.2. The number of amides is 1. The van der Waals surface area contributed by atoms with Gasteiger partial charge in [0.15, 0.2) is 0 Å². The van der Waals surface area contributed by atoms with Gasteiger partial charge in [0, 0.05) is 38.4 Å². The maximum atomic E-state index is 12.2. The highest BCUT2D eigenvalue weighted by molar-refractivity contribution is 5.95. The fraction of sp³-hybridized carbons (Fsp3) is 0.263. The van der Waals surface area contributed by atoms with Gasteiger partial charge in [0.05, 0.1) is 17.4 Å². The van der Waals surface area contributed by atoms with Gasteiger partial charge in [-0.2, -0.15) is 0 Å². The minimum atomic E-state index is -0.0332. The number of carbonyl (C=O) groups is 1. The fourth-order valence-corrected chi connectivity index (χ4v) is 2.67. The molecule has 0 aliphatic heterocycles. The molecule has 0 bridgehead atoms. The molecule has 3 aromatic rings. The molecule has 0 fully saturated rings. The highest BCUT2D eigenvalue weighted by atomic mass is 16.1. The molecule has 2 aromatic carbocycles. The summed E-state index contributed by atoms with van der Waals surface area (Å²) >= 11 is 0. The summed E-state index contributed by atoms with van der Waals surface area (Å²) in [5.74, 6) is -0.0332. The van der Waals surface area contributed by atoms with Gasteiger partial charge >= 0.3 is 0 Å². The molecule has 0 aliphatic rings. The summed E-state index contributed by atoms with van der Waals surface area (Å²) in [5, 5.41) is 2.98. The van der Waals surface area contributed by atoms with E-state index in [2.05, 4.69) is 20.9 Å². The number of para-hydroxylation sites is 2. The molecule has 5 nitrogen and oxygen atoms in total. The molecular weight excluding hydrogens is 300 g/mol. The normalized spacial score (nSPS) is 10.8. The lowest BCUT2D eigenvalue weighted by Crippen LogP contribution is -2.25. The van der Waals surface area contributed by atoms with Crippen molar-refractivity contribution in [3.8, 4) is 0 Å². The average Bonchev–Trinajstić information content (AvgIpc) is 3.02. The molecule has 24 heavy (non-hydrogen) atoms. The maximum absolute atomic E-state index is 12.2. The van der Waals surface area contributed by atoms with Gasteiger partial charge in [0.2, 0.25) is 0 Å². The molecule has 0 atom stereocenters. The largest absolute Gasteiger partial charge is 0.378 e. The zero-order chi connectivity index (χ0) is 16.9. The topological polar surface area (TPSA) is 50.2 Å². The van der Waals surface area contributed by atoms with Gasteiger partial charge < -0.3 is 14.8 Å². The number of aryl methyl sites for hydroxylation is 1. The molecule has 124 valence electrons. The van der Waals surface area contributed by atoms with E-state index in [1.807, 2.05) is 67.8 Å². The number of benzene rings is 2. The highest BCUT2D eigenvalue weighted by Crippen LogP contribution is 2.14. The number of imidazole rings is 1. The first-order valence-corrected chi connectivity index (χ1v) is 8.10. The van der Waals surface area contributed by atoms with E-state index in [1.165, 1.54) is 0 Å². The first kappa shape index (κ1) is 16.1. The quantitative estimate of drug-likeness (QED) is 0.710. The van der Waals surface area contributed by atoms with E-state index in [0.717, 1.165) is 29.7 Å². The standard InChI is InChI=1S/C19H22N4O/c1-22(2)16-8-5-7-15(13-16)19(24)20-11-6-12-23-14-21-17-9-3-4-10-18(17)23/h3-5,7-10,13-14H,6,11-12H2,1-2H3,(H,20,24). The smallest absolute Gasteiger partial charge is 0.251 e. The predicted octanol–water partition coefficient (Wildman–Crippen LogP) is 2.92. The molecule has 5 heteroatoms. The van der Waals surface area contributed by atoms with Gasteiger partial charge in [-0.1, -0.05) is 18.2 Å². The van der Waals surface area contributed by atoms with Crippen LogP contribution in [0.2, 0.25) is 0 Å². The third-order valence-corrected chi connectivity index (χ3v) is 4.01. The van der Waals surface area contributed by atoms with E-state index < -0.39 is 0 Å². The number of fused-ring (bicyclic) bond motifs is 1. The molecule has 1 aromatic heterocycles. The number of nitrogens with one attached hydrogen (secondary N) is 1. The van der Waals surface area contributed by atoms with E-state index in [9.17, 15) is 4.79 Å². The number of anilines is 1. The number of aromatic nitrogens is 2. The van der Waals surface area contributed by atoms with Crippen molar-refractivity contribution in [3.63, 3.8) is 0 Å². The van der Waals surface area contributed by atoms with Gasteiger partial charge in [0.25, 0.3) is 5.91 Å². The molecular formula is C19H22N4O. The Kier molecular flexibility index (Phi) is 4.79. The molecule has 3 rings (SSSR count). The molecule has 1 heterocycles. The van der Waals surface area contributed by atoms with E-state index in [4.69, 9.17) is 0 Å². The lowest BCUT2D eigenvalue weighted by Gasteiger charge is -2.13. The van der Waals surface area contributed by atoms with E-state index in [1.54, 1.807) is 0 Å². The lowest BCUT2D eigenvalue weighted by molar-refractivity contribution is 0.0953. The number of carbonyl (C=O) groups excluding carboxylic acids is 1. The molecule has 0 unspecified atom stereocenters. The van der Waals surface area contributed by atoms with Crippen molar-refractivity contribution in [2.75, 3.05) is 25.5 Å². The van der Waals surface area contributed by atoms with Crippen LogP contribution in [-0.2, 0) is 6.54 Å². The third-order valence-electron chi connectivity index (χ3n) is 4.01. The molecule has 0 saturated carbocycles. The van der Waals surface area contributed by atoms with Crippen molar-refractivity contribution < 1.29 is 4.79 Å². The van der Waals surface area contributed by atoms with Crippen LogP contribution in [0.1, 0.15) is 16.8 Å². The van der Waals surface area contributed by atoms with E-state index in [-0.39, 0.29) is 5.91 Å². The van der Waals surface area contributed by atoms with Crippen molar-refractivity contribution in [2.45, 2.75) is 13.0 Å². The number of hydrogen-bond donors (Lipinski definition) is 1. The molecule has 1 amide bonds. The van der Waals surface area contributed by atoms with Gasteiger partial charge in [-0.05, 0) is 36.8 Å². The van der Waals surface area contributed by atoms with Crippen LogP contribution in [0.15, 0.2) is 54.9 Å². The zero-order valence-corrected chi connectivity index (χ0v) is 14.1. The summed E-state index contributed by atoms with van der Waals surface area (Å²) in [5.41, 5.74) is 3.84. The number of rotatable bonds is 6. The van der Waals surface area contributed by atoms with Gasteiger partial charge in [-0.3, -0.25) is 4.79 Å². The highest BCUT2D eigenvalue weighted by Gasteiger charge is 2.07. The summed E-state index contributed by atoms with van der Waals surface area (Å²) in [6, 6.07) is 15.7. The van der Waals surface area contributed by atoms with Crippen LogP contribution in [0.3, 0.4) is 0 Å². The average molecular weight is 322 g/mol. The molecule has 1 N–H and O–H groups in total. The van der Waals surface area contributed by atoms with Crippen molar-refractivity contribution in [3.05, 3.63) is 60.4 Å². The zero-order valence-electron chi connectivity index (χ0n) is 14.1. The Morgan fingerprint density at radius 1 is 1.17 bits per heavy atom. The molecule has 0 spiro atoms. The first-order chi connectivity index (χ1) is 11.6. The van der Waals surface area contributed by atoms with Crippen LogP contribution in [0.5, 0.6) is 0 Å². The van der Waals surface area contributed by atoms with Gasteiger partial charge in [0.1, 0.15) is 0 Å². The molecule has 0 saturated heterocycles. The first-order valence-electron chi connectivity index (χ1n) is 8.10. The van der Waals surface area contributed by atoms with Gasteiger partial charge in [-0.15, -0.1) is 0 Å². The second-order valence-corrected chi connectivity index (χ2v) is 5.98. The van der Waals surface area contributed by atoms with Crippen LogP contribution in [0.4, 0.5) is 5.69 Å². The Balaban J connectivity index is 1.53. The monoisotopic (exact) mass is 322 g/mol. The second-order valence-electron chi connectivity index (χ2n) is 5.98. The van der Waals surface area contributed by atoms with Crippen LogP contribution in [0.25, 0.3) is 11.0 Å². The Morgan fingerprint density at radius 3 is 2.83 bits per heavy atom. The summed E-state index contributed by atoms with van der Waals surface area (Å²) in [4.78, 5) is 18.6. The van der Waals surface area contributed by atoms with Crippen molar-refractivity contribution >= 4 is 22.6 Å². The van der Waals surface area contributed by atoms with E-state index in [0.29, 0.717) is 12.1 Å². The molecule has 0 radical (unpaired) electrons. The minimum absolute atomic E-state index is 0.0332. The predicted molar refractivity (Wildman–Crippen MR) is 97.5 cm³/mol. The van der Waals surface area contributed by atoms with Crippen molar-refractivity contribution in [2.24, 2.45) is 0 Å². The van der Waals surface area contributed by atoms with Crippen molar-refractivity contribution in [1.29, 1.82) is 0 Å². The number of hydrogen-bond acceptors (Lipinski definition) is 3. The summed E-state index contributed by atoms with van der Waals surface area (Å²) in [7, 11) is 3.93. The fourth-order valence-electron chi connectivity index (χ4n) is 2.67. The third kappa shape index (κ3) is 3.56. The Bertz CT molecular complexity index is 838. The SMILES string of the molecule is CN(C)c1cccc(C(=O)NCCCn2cnc3ccccc32)c1.